The number of pyridine rings is 1. The van der Waals surface area contributed by atoms with E-state index in [1.807, 2.05) is 37.3 Å². The van der Waals surface area contributed by atoms with Gasteiger partial charge in [0.25, 0.3) is 0 Å². The molecule has 0 saturated heterocycles. The Bertz CT molecular complexity index is 1360. The number of H-pyrrole nitrogens is 1. The maximum absolute atomic E-state index is 15.0. The highest BCUT2D eigenvalue weighted by atomic mass is 19.1. The number of primary amides is 1. The van der Waals surface area contributed by atoms with Crippen molar-refractivity contribution in [2.75, 3.05) is 11.1 Å². The van der Waals surface area contributed by atoms with E-state index in [2.05, 4.69) is 26.8 Å². The number of hydrogen-bond acceptors (Lipinski definition) is 5. The second-order valence-corrected chi connectivity index (χ2v) is 8.28. The molecule has 0 aliphatic heterocycles. The van der Waals surface area contributed by atoms with Gasteiger partial charge in [0.2, 0.25) is 5.91 Å². The molecule has 0 radical (unpaired) electrons. The molecule has 7 nitrogen and oxygen atoms in total. The first-order valence-corrected chi connectivity index (χ1v) is 11.0. The van der Waals surface area contributed by atoms with E-state index in [-0.39, 0.29) is 12.2 Å². The number of anilines is 2. The highest BCUT2D eigenvalue weighted by molar-refractivity contribution is 5.92. The minimum atomic E-state index is -0.582. The van der Waals surface area contributed by atoms with Gasteiger partial charge in [0.15, 0.2) is 0 Å². The smallest absolute Gasteiger partial charge is 0.221 e. The summed E-state index contributed by atoms with van der Waals surface area (Å²) in [5.41, 5.74) is 15.0. The maximum atomic E-state index is 15.0. The van der Waals surface area contributed by atoms with E-state index in [1.54, 1.807) is 18.5 Å². The topological polar surface area (TPSA) is 123 Å². The number of halogens is 1. The molecule has 6 N–H and O–H groups in total. The molecule has 1 amide bonds. The zero-order chi connectivity index (χ0) is 24.2. The van der Waals surface area contributed by atoms with Gasteiger partial charge in [0.05, 0.1) is 0 Å². The molecule has 2 heterocycles. The van der Waals surface area contributed by atoms with E-state index < -0.39 is 11.9 Å². The van der Waals surface area contributed by atoms with Gasteiger partial charge in [0.1, 0.15) is 23.5 Å². The van der Waals surface area contributed by atoms with Crippen LogP contribution < -0.4 is 16.8 Å². The van der Waals surface area contributed by atoms with Gasteiger partial charge in [-0.3, -0.25) is 4.79 Å². The molecule has 0 bridgehead atoms. The maximum Gasteiger partial charge on any atom is 0.221 e. The van der Waals surface area contributed by atoms with E-state index in [1.165, 1.54) is 6.07 Å². The summed E-state index contributed by atoms with van der Waals surface area (Å²) < 4.78 is 15.0. The first-order valence-electron chi connectivity index (χ1n) is 11.0. The van der Waals surface area contributed by atoms with E-state index in [9.17, 15) is 4.79 Å². The quantitative estimate of drug-likeness (QED) is 0.277. The number of aryl methyl sites for hydroxylation is 1. The first kappa shape index (κ1) is 23.0. The van der Waals surface area contributed by atoms with Gasteiger partial charge in [-0.25, -0.2) is 14.4 Å². The molecule has 174 valence electrons. The van der Waals surface area contributed by atoms with Crippen molar-refractivity contribution in [1.82, 2.24) is 15.0 Å². The lowest BCUT2D eigenvalue weighted by molar-refractivity contribution is -0.117. The zero-order valence-corrected chi connectivity index (χ0v) is 18.9. The van der Waals surface area contributed by atoms with Crippen LogP contribution in [0, 0.1) is 5.82 Å². The van der Waals surface area contributed by atoms with Crippen LogP contribution in [0.25, 0.3) is 10.8 Å². The number of aromatic nitrogens is 3. The van der Waals surface area contributed by atoms with Gasteiger partial charge in [-0.2, -0.15) is 0 Å². The Morgan fingerprint density at radius 2 is 2.03 bits per heavy atom. The highest BCUT2D eigenvalue weighted by Gasteiger charge is 2.22. The molecule has 34 heavy (non-hydrogen) atoms. The number of nitrogen functional groups attached to an aromatic ring is 1. The van der Waals surface area contributed by atoms with Gasteiger partial charge in [0, 0.05) is 47.6 Å². The van der Waals surface area contributed by atoms with Crippen molar-refractivity contribution in [2.45, 2.75) is 32.2 Å². The lowest BCUT2D eigenvalue weighted by Gasteiger charge is -2.20. The molecule has 2 aromatic carbocycles. The third-order valence-corrected chi connectivity index (χ3v) is 5.67. The van der Waals surface area contributed by atoms with E-state index in [0.29, 0.717) is 29.2 Å². The van der Waals surface area contributed by atoms with Crippen LogP contribution in [0.1, 0.15) is 42.0 Å². The fourth-order valence-electron chi connectivity index (χ4n) is 3.98. The molecular weight excluding hydrogens is 431 g/mol. The summed E-state index contributed by atoms with van der Waals surface area (Å²) in [6.45, 7) is 5.93. The third-order valence-electron chi connectivity index (χ3n) is 5.67. The summed E-state index contributed by atoms with van der Waals surface area (Å²) in [6.07, 6.45) is 4.62. The molecule has 2 aromatic heterocycles. The summed E-state index contributed by atoms with van der Waals surface area (Å²) in [5, 5.41) is 5.19. The van der Waals surface area contributed by atoms with Crippen LogP contribution >= 0.6 is 0 Å². The Morgan fingerprint density at radius 1 is 1.21 bits per heavy atom. The normalized spacial score (nSPS) is 11.9. The highest BCUT2D eigenvalue weighted by Crippen LogP contribution is 2.30. The SMILES string of the molecule is C=C(CC(N)=O)Cc1cnc(C(Nc2ccc3c(N)nccc3c2)c2cc(CC)ccc2F)[nH]1. The number of rotatable bonds is 9. The molecule has 8 heteroatoms. The monoisotopic (exact) mass is 458 g/mol. The van der Waals surface area contributed by atoms with Crippen LogP contribution in [0.15, 0.2) is 67.0 Å². The van der Waals surface area contributed by atoms with Crippen molar-refractivity contribution in [3.8, 4) is 0 Å². The van der Waals surface area contributed by atoms with Crippen molar-refractivity contribution in [3.05, 3.63) is 95.5 Å². The molecular formula is C26H27FN6O. The molecule has 0 aliphatic rings. The Morgan fingerprint density at radius 3 is 2.79 bits per heavy atom. The predicted molar refractivity (Wildman–Crippen MR) is 133 cm³/mol. The number of carbonyl (C=O) groups excluding carboxylic acids is 1. The average molecular weight is 459 g/mol. The largest absolute Gasteiger partial charge is 0.383 e. The number of benzene rings is 2. The fourth-order valence-corrected chi connectivity index (χ4v) is 3.98. The minimum absolute atomic E-state index is 0.0955. The van der Waals surface area contributed by atoms with Gasteiger partial charge in [-0.1, -0.05) is 31.2 Å². The Hall–Kier alpha value is -4.20. The Labute approximate surface area is 197 Å². The number of hydrogen-bond donors (Lipinski definition) is 4. The molecule has 0 spiro atoms. The number of carbonyl (C=O) groups is 1. The summed E-state index contributed by atoms with van der Waals surface area (Å²) in [7, 11) is 0. The van der Waals surface area contributed by atoms with Crippen molar-refractivity contribution < 1.29 is 9.18 Å². The molecule has 1 atom stereocenters. The molecule has 0 saturated carbocycles. The van der Waals surface area contributed by atoms with Crippen molar-refractivity contribution >= 4 is 28.2 Å². The van der Waals surface area contributed by atoms with Gasteiger partial charge < -0.3 is 21.8 Å². The van der Waals surface area contributed by atoms with Gasteiger partial charge in [-0.05, 0) is 47.7 Å². The number of nitrogens with two attached hydrogens (primary N) is 2. The molecule has 0 fully saturated rings. The first-order chi connectivity index (χ1) is 16.3. The van der Waals surface area contributed by atoms with Crippen LogP contribution in [0.2, 0.25) is 0 Å². The number of nitrogens with one attached hydrogen (secondary N) is 2. The predicted octanol–water partition coefficient (Wildman–Crippen LogP) is 4.42. The van der Waals surface area contributed by atoms with E-state index in [0.717, 1.165) is 34.1 Å². The number of aromatic amines is 1. The molecule has 0 aliphatic carbocycles. The average Bonchev–Trinajstić information content (AvgIpc) is 3.25. The van der Waals surface area contributed by atoms with Gasteiger partial charge in [-0.15, -0.1) is 0 Å². The number of imidazole rings is 1. The number of amides is 1. The summed E-state index contributed by atoms with van der Waals surface area (Å²) in [5.74, 6) is 0.229. The second-order valence-electron chi connectivity index (χ2n) is 8.28. The van der Waals surface area contributed by atoms with Crippen LogP contribution in [0.4, 0.5) is 15.9 Å². The summed E-state index contributed by atoms with van der Waals surface area (Å²) >= 11 is 0. The minimum Gasteiger partial charge on any atom is -0.383 e. The van der Waals surface area contributed by atoms with Crippen LogP contribution in [-0.4, -0.2) is 20.9 Å². The van der Waals surface area contributed by atoms with E-state index in [4.69, 9.17) is 11.5 Å². The van der Waals surface area contributed by atoms with Crippen molar-refractivity contribution in [1.29, 1.82) is 0 Å². The third kappa shape index (κ3) is 5.06. The Balaban J connectivity index is 1.71. The van der Waals surface area contributed by atoms with Crippen LogP contribution in [0.5, 0.6) is 0 Å². The number of nitrogens with zero attached hydrogens (tertiary/aromatic N) is 2. The van der Waals surface area contributed by atoms with Crippen LogP contribution in [0.3, 0.4) is 0 Å². The van der Waals surface area contributed by atoms with Crippen molar-refractivity contribution in [3.63, 3.8) is 0 Å². The molecule has 4 rings (SSSR count). The summed E-state index contributed by atoms with van der Waals surface area (Å²) in [6, 6.07) is 12.1. The standard InChI is InChI=1S/C26H27FN6O/c1-3-16-4-7-22(27)21(12-16)24(26-31-14-19(33-26)10-15(2)11-23(28)34)32-18-5-6-20-17(13-18)8-9-30-25(20)29/h4-9,12-14,24,32H,2-3,10-11H2,1H3,(H2,28,34)(H2,29,30)(H,31,33). The van der Waals surface area contributed by atoms with Crippen molar-refractivity contribution in [2.24, 2.45) is 5.73 Å². The molecule has 4 aromatic rings. The fraction of sp³-hybridized carbons (Fsp3) is 0.192. The zero-order valence-electron chi connectivity index (χ0n) is 18.9. The molecule has 1 unspecified atom stereocenters. The lowest BCUT2D eigenvalue weighted by atomic mass is 10.0. The lowest BCUT2D eigenvalue weighted by Crippen LogP contribution is -2.16. The van der Waals surface area contributed by atoms with E-state index >= 15 is 4.39 Å². The Kier molecular flexibility index (Phi) is 6.58. The summed E-state index contributed by atoms with van der Waals surface area (Å²) in [4.78, 5) is 23.1. The van der Waals surface area contributed by atoms with Crippen LogP contribution in [-0.2, 0) is 17.6 Å². The number of fused-ring (bicyclic) bond motifs is 1. The second kappa shape index (κ2) is 9.74. The van der Waals surface area contributed by atoms with Gasteiger partial charge >= 0.3 is 0 Å².